The van der Waals surface area contributed by atoms with Crippen molar-refractivity contribution in [1.82, 2.24) is 9.97 Å². The Morgan fingerprint density at radius 2 is 2.04 bits per heavy atom. The fraction of sp³-hybridized carbons (Fsp3) is 0.105. The van der Waals surface area contributed by atoms with Gasteiger partial charge in [0.1, 0.15) is 10.3 Å². The minimum Gasteiger partial charge on any atom is -0.464 e. The number of carbonyl (C=O) groups excluding carboxylic acids is 1. The molecule has 0 aliphatic heterocycles. The number of rotatable bonds is 4. The van der Waals surface area contributed by atoms with Crippen LogP contribution >= 0.6 is 15.9 Å². The van der Waals surface area contributed by atoms with Crippen LogP contribution < -0.4 is 5.73 Å². The van der Waals surface area contributed by atoms with Gasteiger partial charge in [-0.15, -0.1) is 0 Å². The maximum Gasteiger partial charge on any atom is 0.354 e. The molecule has 2 heterocycles. The topological polar surface area (TPSA) is 105 Å². The number of nitrogens with one attached hydrogen (secondary N) is 1. The molecule has 0 radical (unpaired) electrons. The summed E-state index contributed by atoms with van der Waals surface area (Å²) in [5, 5.41) is 8.97. The number of carbonyl (C=O) groups is 1. The molecule has 3 N–H and O–H groups in total. The quantitative estimate of drug-likeness (QED) is 0.504. The lowest BCUT2D eigenvalue weighted by atomic mass is 9.97. The second-order valence-electron chi connectivity index (χ2n) is 5.58. The van der Waals surface area contributed by atoms with Gasteiger partial charge in [-0.1, -0.05) is 12.1 Å². The van der Waals surface area contributed by atoms with Crippen molar-refractivity contribution in [3.8, 4) is 17.2 Å². The van der Waals surface area contributed by atoms with E-state index in [1.165, 1.54) is 7.11 Å². The van der Waals surface area contributed by atoms with Gasteiger partial charge >= 0.3 is 5.97 Å². The third-order valence-electron chi connectivity index (χ3n) is 4.02. The molecular weight excluding hydrogens is 396 g/mol. The highest BCUT2D eigenvalue weighted by atomic mass is 79.9. The Morgan fingerprint density at radius 3 is 2.69 bits per heavy atom. The summed E-state index contributed by atoms with van der Waals surface area (Å²) < 4.78 is 5.54. The molecule has 0 atom stereocenters. The molecule has 0 unspecified atom stereocenters. The molecule has 130 valence electrons. The number of aromatic amines is 1. The number of hydrogen-bond acceptors (Lipinski definition) is 5. The Kier molecular flexibility index (Phi) is 5.05. The normalized spacial score (nSPS) is 10.3. The third-order valence-corrected chi connectivity index (χ3v) is 4.46. The Balaban J connectivity index is 2.11. The summed E-state index contributed by atoms with van der Waals surface area (Å²) in [4.78, 5) is 19.6. The van der Waals surface area contributed by atoms with Crippen LogP contribution in [-0.2, 0) is 11.2 Å². The van der Waals surface area contributed by atoms with E-state index < -0.39 is 5.97 Å². The SMILES string of the molecule is COC(=O)c1[nH]cc(-c2ccc(C#N)cc2)c1Cc1nc(Br)ccc1N. The van der Waals surface area contributed by atoms with Gasteiger partial charge in [-0.3, -0.25) is 0 Å². The molecule has 0 aliphatic carbocycles. The number of nitrogens with zero attached hydrogens (tertiary/aromatic N) is 2. The summed E-state index contributed by atoms with van der Waals surface area (Å²) in [5.41, 5.74) is 10.6. The maximum absolute atomic E-state index is 12.2. The number of ether oxygens (including phenoxy) is 1. The van der Waals surface area contributed by atoms with Crippen LogP contribution in [0.4, 0.5) is 5.69 Å². The lowest BCUT2D eigenvalue weighted by Gasteiger charge is -2.09. The van der Waals surface area contributed by atoms with Crippen molar-refractivity contribution in [1.29, 1.82) is 5.26 Å². The summed E-state index contributed by atoms with van der Waals surface area (Å²) in [5.74, 6) is -0.464. The second-order valence-corrected chi connectivity index (χ2v) is 6.40. The highest BCUT2D eigenvalue weighted by Gasteiger charge is 2.20. The number of anilines is 1. The zero-order valence-electron chi connectivity index (χ0n) is 13.9. The van der Waals surface area contributed by atoms with E-state index in [4.69, 9.17) is 15.7 Å². The highest BCUT2D eigenvalue weighted by Crippen LogP contribution is 2.30. The van der Waals surface area contributed by atoms with E-state index in [1.54, 1.807) is 30.5 Å². The summed E-state index contributed by atoms with van der Waals surface area (Å²) in [6.45, 7) is 0. The highest BCUT2D eigenvalue weighted by molar-refractivity contribution is 9.10. The van der Waals surface area contributed by atoms with Gasteiger partial charge in [-0.05, 0) is 51.3 Å². The van der Waals surface area contributed by atoms with Crippen LogP contribution in [0.1, 0.15) is 27.3 Å². The Morgan fingerprint density at radius 1 is 1.31 bits per heavy atom. The number of H-pyrrole nitrogens is 1. The van der Waals surface area contributed by atoms with Crippen molar-refractivity contribution in [3.05, 3.63) is 69.7 Å². The monoisotopic (exact) mass is 410 g/mol. The lowest BCUT2D eigenvalue weighted by molar-refractivity contribution is 0.0593. The molecule has 3 rings (SSSR count). The van der Waals surface area contributed by atoms with Crippen LogP contribution in [0, 0.1) is 11.3 Å². The van der Waals surface area contributed by atoms with E-state index in [0.29, 0.717) is 33.7 Å². The van der Waals surface area contributed by atoms with Crippen molar-refractivity contribution in [2.75, 3.05) is 12.8 Å². The van der Waals surface area contributed by atoms with Gasteiger partial charge in [0, 0.05) is 18.2 Å². The number of pyridine rings is 1. The lowest BCUT2D eigenvalue weighted by Crippen LogP contribution is -2.08. The number of aromatic nitrogens is 2. The number of nitrogen functional groups attached to an aromatic ring is 1. The smallest absolute Gasteiger partial charge is 0.354 e. The first-order chi connectivity index (χ1) is 12.5. The van der Waals surface area contributed by atoms with Gasteiger partial charge in [-0.25, -0.2) is 9.78 Å². The standard InChI is InChI=1S/C19H15BrN4O2/c1-26-19(25)18-13(8-16-15(22)6-7-17(20)24-16)14(10-23-18)12-4-2-11(9-21)3-5-12/h2-7,10,23H,8,22H2,1H3. The third kappa shape index (κ3) is 3.46. The predicted octanol–water partition coefficient (Wildman–Crippen LogP) is 3.67. The molecule has 6 nitrogen and oxygen atoms in total. The van der Waals surface area contributed by atoms with Crippen molar-refractivity contribution in [3.63, 3.8) is 0 Å². The molecule has 0 amide bonds. The van der Waals surface area contributed by atoms with Gasteiger partial charge in [-0.2, -0.15) is 5.26 Å². The van der Waals surface area contributed by atoms with Gasteiger partial charge in [0.05, 0.1) is 30.1 Å². The number of benzene rings is 1. The maximum atomic E-state index is 12.2. The van der Waals surface area contributed by atoms with E-state index in [2.05, 4.69) is 32.0 Å². The van der Waals surface area contributed by atoms with Crippen molar-refractivity contribution < 1.29 is 9.53 Å². The zero-order valence-corrected chi connectivity index (χ0v) is 15.5. The molecule has 26 heavy (non-hydrogen) atoms. The molecule has 3 aromatic rings. The minimum absolute atomic E-state index is 0.355. The average Bonchev–Trinajstić information content (AvgIpc) is 3.07. The Hall–Kier alpha value is -3.11. The van der Waals surface area contributed by atoms with Gasteiger partial charge in [0.25, 0.3) is 0 Å². The van der Waals surface area contributed by atoms with Gasteiger partial charge in [0.2, 0.25) is 0 Å². The molecule has 2 aromatic heterocycles. The van der Waals surface area contributed by atoms with Crippen LogP contribution in [0.3, 0.4) is 0 Å². The number of esters is 1. The van der Waals surface area contributed by atoms with Crippen molar-refractivity contribution in [2.24, 2.45) is 0 Å². The van der Waals surface area contributed by atoms with Crippen LogP contribution in [0.15, 0.2) is 47.2 Å². The zero-order chi connectivity index (χ0) is 18.7. The average molecular weight is 411 g/mol. The predicted molar refractivity (Wildman–Crippen MR) is 101 cm³/mol. The largest absolute Gasteiger partial charge is 0.464 e. The van der Waals surface area contributed by atoms with Crippen LogP contribution in [0.5, 0.6) is 0 Å². The summed E-state index contributed by atoms with van der Waals surface area (Å²) >= 11 is 3.34. The summed E-state index contributed by atoms with van der Waals surface area (Å²) in [7, 11) is 1.33. The van der Waals surface area contributed by atoms with E-state index in [0.717, 1.165) is 16.7 Å². The second kappa shape index (κ2) is 7.42. The number of methoxy groups -OCH3 is 1. The molecule has 7 heteroatoms. The first kappa shape index (κ1) is 17.7. The summed E-state index contributed by atoms with van der Waals surface area (Å²) in [6, 6.07) is 12.8. The van der Waals surface area contributed by atoms with Crippen molar-refractivity contribution in [2.45, 2.75) is 6.42 Å². The van der Waals surface area contributed by atoms with E-state index in [9.17, 15) is 4.79 Å². The van der Waals surface area contributed by atoms with E-state index in [1.807, 2.05) is 12.1 Å². The first-order valence-electron chi connectivity index (χ1n) is 7.73. The van der Waals surface area contributed by atoms with E-state index >= 15 is 0 Å². The minimum atomic E-state index is -0.464. The fourth-order valence-electron chi connectivity index (χ4n) is 2.70. The molecule has 0 bridgehead atoms. The molecule has 0 saturated heterocycles. The van der Waals surface area contributed by atoms with E-state index in [-0.39, 0.29) is 0 Å². The molecule has 0 saturated carbocycles. The van der Waals surface area contributed by atoms with Crippen LogP contribution in [-0.4, -0.2) is 23.0 Å². The van der Waals surface area contributed by atoms with Crippen molar-refractivity contribution >= 4 is 27.6 Å². The molecular formula is C19H15BrN4O2. The Labute approximate surface area is 158 Å². The molecule has 0 aliphatic rings. The molecule has 0 fully saturated rings. The van der Waals surface area contributed by atoms with Crippen LogP contribution in [0.2, 0.25) is 0 Å². The van der Waals surface area contributed by atoms with Crippen LogP contribution in [0.25, 0.3) is 11.1 Å². The number of nitriles is 1. The van der Waals surface area contributed by atoms with Gasteiger partial charge in [0.15, 0.2) is 0 Å². The summed E-state index contributed by atoms with van der Waals surface area (Å²) in [6.07, 6.45) is 2.10. The number of nitrogens with two attached hydrogens (primary N) is 1. The number of halogens is 1. The number of hydrogen-bond donors (Lipinski definition) is 2. The fourth-order valence-corrected chi connectivity index (χ4v) is 3.04. The van der Waals surface area contributed by atoms with Gasteiger partial charge < -0.3 is 15.5 Å². The first-order valence-corrected chi connectivity index (χ1v) is 8.52. The molecule has 1 aromatic carbocycles. The Bertz CT molecular complexity index is 1000. The molecule has 0 spiro atoms.